The topological polar surface area (TPSA) is 18.0 Å². The van der Waals surface area contributed by atoms with Crippen molar-refractivity contribution < 1.29 is 0 Å². The Morgan fingerprint density at radius 1 is 0.373 bits per heavy atom. The molecule has 0 N–H and O–H groups in total. The number of allylic oxidation sites excluding steroid dienone is 2. The van der Waals surface area contributed by atoms with Gasteiger partial charge in [0.05, 0.1) is 17.1 Å². The lowest BCUT2D eigenvalue weighted by Gasteiger charge is -2.34. The van der Waals surface area contributed by atoms with Gasteiger partial charge in [-0.2, -0.15) is 0 Å². The Bertz CT molecular complexity index is 4080. The average molecular weight is 859 g/mol. The quantitative estimate of drug-likeness (QED) is 0.169. The minimum atomic E-state index is -0.212. The van der Waals surface area contributed by atoms with Gasteiger partial charge in [-0.3, -0.25) is 0 Å². The highest BCUT2D eigenvalue weighted by molar-refractivity contribution is 6.14. The molecule has 318 valence electrons. The van der Waals surface area contributed by atoms with Gasteiger partial charge in [0, 0.05) is 91.0 Å². The van der Waals surface area contributed by atoms with Gasteiger partial charge >= 0.3 is 0 Å². The first-order valence-electron chi connectivity index (χ1n) is 23.4. The maximum atomic E-state index is 2.57. The van der Waals surface area contributed by atoms with E-state index >= 15 is 0 Å². The number of aromatic nitrogens is 3. The Morgan fingerprint density at radius 3 is 1.48 bits per heavy atom. The molecule has 14 rings (SSSR count). The summed E-state index contributed by atoms with van der Waals surface area (Å²) in [5.41, 5.74) is 19.5. The highest BCUT2D eigenvalue weighted by atomic mass is 15.2. The molecule has 1 aliphatic heterocycles. The molecule has 2 unspecified atom stereocenters. The van der Waals surface area contributed by atoms with Crippen molar-refractivity contribution in [1.29, 1.82) is 0 Å². The minimum Gasteiger partial charge on any atom is -0.344 e. The largest absolute Gasteiger partial charge is 0.344 e. The van der Waals surface area contributed by atoms with E-state index in [0.717, 1.165) is 5.69 Å². The first kappa shape index (κ1) is 38.0. The number of hydrogen-bond acceptors (Lipinski definition) is 1. The van der Waals surface area contributed by atoms with Gasteiger partial charge in [-0.15, -0.1) is 0 Å². The summed E-state index contributed by atoms with van der Waals surface area (Å²) in [6, 6.07) is 72.4. The number of aryl methyl sites for hydroxylation is 2. The number of anilines is 2. The minimum absolute atomic E-state index is 0.138. The van der Waals surface area contributed by atoms with E-state index < -0.39 is 0 Å². The Hall–Kier alpha value is -8.34. The van der Waals surface area contributed by atoms with E-state index in [4.69, 9.17) is 0 Å². The fourth-order valence-electron chi connectivity index (χ4n) is 11.9. The van der Waals surface area contributed by atoms with E-state index in [1.807, 2.05) is 0 Å². The third-order valence-electron chi connectivity index (χ3n) is 15.3. The van der Waals surface area contributed by atoms with Gasteiger partial charge in [-0.25, -0.2) is 0 Å². The Labute approximate surface area is 389 Å². The number of hydrogen-bond donors (Lipinski definition) is 0. The molecule has 0 fully saturated rings. The molecule has 0 spiro atoms. The summed E-state index contributed by atoms with van der Waals surface area (Å²) in [6.45, 7) is 2.41. The number of benzene rings is 9. The first-order valence-corrected chi connectivity index (χ1v) is 23.4. The predicted molar refractivity (Wildman–Crippen MR) is 283 cm³/mol. The van der Waals surface area contributed by atoms with Gasteiger partial charge < -0.3 is 18.6 Å². The smallest absolute Gasteiger partial charge is 0.0655 e. The standard InChI is InChI=1S/C63H46N4/c1-63-33-13-12-20-62(63)67(47-26-32-58-53(39-47)51-35-43(22-28-56(51)65(58)3)41-16-8-5-9-17-41)61-30-24-45(37-54(61)63)44-23-29-60-49(36-44)48-18-10-11-19-59(48)66(60)46-25-31-57-52(38-46)50-34-42(21-27-55(50)64(57)2)40-14-6-4-7-15-40/h4-39,62H,1-3H3. The molecule has 1 aliphatic carbocycles. The van der Waals surface area contributed by atoms with Crippen LogP contribution in [0.3, 0.4) is 0 Å². The van der Waals surface area contributed by atoms with Crippen molar-refractivity contribution in [2.75, 3.05) is 4.90 Å². The molecule has 4 heteroatoms. The first-order chi connectivity index (χ1) is 32.9. The Balaban J connectivity index is 0.882. The zero-order valence-corrected chi connectivity index (χ0v) is 37.7. The molecular weight excluding hydrogens is 813 g/mol. The van der Waals surface area contributed by atoms with E-state index in [2.05, 4.69) is 258 Å². The zero-order chi connectivity index (χ0) is 44.5. The van der Waals surface area contributed by atoms with Crippen LogP contribution in [0.4, 0.5) is 11.4 Å². The number of fused-ring (bicyclic) bond motifs is 12. The van der Waals surface area contributed by atoms with Crippen LogP contribution in [-0.4, -0.2) is 19.7 Å². The summed E-state index contributed by atoms with van der Waals surface area (Å²) >= 11 is 0. The van der Waals surface area contributed by atoms with Crippen molar-refractivity contribution in [2.45, 2.75) is 18.4 Å². The van der Waals surface area contributed by atoms with Crippen LogP contribution in [-0.2, 0) is 19.5 Å². The SMILES string of the molecule is Cn1c2ccc(-c3ccccc3)cc2c2cc(N3c4ccc(-c5ccc6c(c5)c5ccccc5n6-c5ccc6c(c5)c5cc(-c7ccccc7)ccc5n6C)cc4C4(C)C=CC=CC34)ccc21. The molecule has 9 aromatic carbocycles. The average Bonchev–Trinajstić information content (AvgIpc) is 4.05. The second kappa shape index (κ2) is 14.1. The zero-order valence-electron chi connectivity index (χ0n) is 37.7. The van der Waals surface area contributed by atoms with Crippen molar-refractivity contribution in [2.24, 2.45) is 14.1 Å². The van der Waals surface area contributed by atoms with Crippen LogP contribution in [0.25, 0.3) is 104 Å². The van der Waals surface area contributed by atoms with Crippen LogP contribution in [0.1, 0.15) is 12.5 Å². The van der Waals surface area contributed by atoms with Gasteiger partial charge in [0.1, 0.15) is 0 Å². The van der Waals surface area contributed by atoms with Crippen molar-refractivity contribution >= 4 is 76.8 Å². The number of para-hydroxylation sites is 1. The van der Waals surface area contributed by atoms with E-state index in [-0.39, 0.29) is 11.5 Å². The van der Waals surface area contributed by atoms with E-state index in [9.17, 15) is 0 Å². The molecule has 3 aromatic heterocycles. The molecule has 0 radical (unpaired) electrons. The summed E-state index contributed by atoms with van der Waals surface area (Å²) in [5, 5.41) is 7.59. The molecule has 0 bridgehead atoms. The van der Waals surface area contributed by atoms with Crippen molar-refractivity contribution in [3.8, 4) is 39.1 Å². The molecule has 12 aromatic rings. The highest BCUT2D eigenvalue weighted by Gasteiger charge is 2.46. The normalized spacial score (nSPS) is 16.6. The van der Waals surface area contributed by atoms with Gasteiger partial charge in [-0.05, 0) is 137 Å². The predicted octanol–water partition coefficient (Wildman–Crippen LogP) is 16.0. The Morgan fingerprint density at radius 2 is 0.836 bits per heavy atom. The van der Waals surface area contributed by atoms with E-state index in [1.165, 1.54) is 116 Å². The fourth-order valence-corrected chi connectivity index (χ4v) is 11.9. The number of nitrogens with zero attached hydrogens (tertiary/aromatic N) is 4. The lowest BCUT2D eigenvalue weighted by atomic mass is 9.75. The molecule has 4 nitrogen and oxygen atoms in total. The van der Waals surface area contributed by atoms with Gasteiger partial charge in [0.15, 0.2) is 0 Å². The van der Waals surface area contributed by atoms with Crippen LogP contribution in [0.5, 0.6) is 0 Å². The van der Waals surface area contributed by atoms with Crippen LogP contribution in [0.15, 0.2) is 218 Å². The Kier molecular flexibility index (Phi) is 7.98. The molecule has 2 atom stereocenters. The molecule has 0 saturated heterocycles. The highest BCUT2D eigenvalue weighted by Crippen LogP contribution is 2.53. The second-order valence-electron chi connectivity index (χ2n) is 18.9. The maximum Gasteiger partial charge on any atom is 0.0655 e. The molecular formula is C63H46N4. The van der Waals surface area contributed by atoms with E-state index in [1.54, 1.807) is 0 Å². The number of rotatable bonds is 5. The monoisotopic (exact) mass is 858 g/mol. The third kappa shape index (κ3) is 5.47. The molecule has 0 saturated carbocycles. The molecule has 67 heavy (non-hydrogen) atoms. The molecule has 4 heterocycles. The van der Waals surface area contributed by atoms with Crippen molar-refractivity contribution in [3.05, 3.63) is 224 Å². The summed E-state index contributed by atoms with van der Waals surface area (Å²) in [5.74, 6) is 0. The van der Waals surface area contributed by atoms with Crippen LogP contribution in [0.2, 0.25) is 0 Å². The summed E-state index contributed by atoms with van der Waals surface area (Å²) in [6.07, 6.45) is 9.25. The van der Waals surface area contributed by atoms with Crippen LogP contribution < -0.4 is 4.90 Å². The lowest BCUT2D eigenvalue weighted by molar-refractivity contribution is 0.551. The molecule has 2 aliphatic rings. The third-order valence-corrected chi connectivity index (χ3v) is 15.3. The molecule has 0 amide bonds. The van der Waals surface area contributed by atoms with Crippen molar-refractivity contribution in [1.82, 2.24) is 13.7 Å². The summed E-state index contributed by atoms with van der Waals surface area (Å²) < 4.78 is 7.11. The second-order valence-corrected chi connectivity index (χ2v) is 18.9. The van der Waals surface area contributed by atoms with Gasteiger partial charge in [0.25, 0.3) is 0 Å². The van der Waals surface area contributed by atoms with Crippen molar-refractivity contribution in [3.63, 3.8) is 0 Å². The van der Waals surface area contributed by atoms with E-state index in [0.29, 0.717) is 0 Å². The van der Waals surface area contributed by atoms with Crippen LogP contribution >= 0.6 is 0 Å². The summed E-state index contributed by atoms with van der Waals surface area (Å²) in [4.78, 5) is 2.57. The maximum absolute atomic E-state index is 2.57. The lowest BCUT2D eigenvalue weighted by Crippen LogP contribution is -2.39. The summed E-state index contributed by atoms with van der Waals surface area (Å²) in [7, 11) is 4.37. The van der Waals surface area contributed by atoms with Gasteiger partial charge in [0.2, 0.25) is 0 Å². The van der Waals surface area contributed by atoms with Gasteiger partial charge in [-0.1, -0.05) is 127 Å². The van der Waals surface area contributed by atoms with Crippen LogP contribution in [0, 0.1) is 0 Å². The fraction of sp³-hybridized carbons (Fsp3) is 0.0794.